The Hall–Kier alpha value is -0.160. The Bertz CT molecular complexity index is 206. The largest absolute Gasteiger partial charge is 0.393 e. The number of ether oxygens (including phenoxy) is 2. The van der Waals surface area contributed by atoms with Gasteiger partial charge in [-0.05, 0) is 6.92 Å². The molecule has 1 aliphatic rings. The fourth-order valence-electron chi connectivity index (χ4n) is 2.11. The predicted molar refractivity (Wildman–Crippen MR) is 63.5 cm³/mol. The van der Waals surface area contributed by atoms with Crippen molar-refractivity contribution in [1.29, 1.82) is 0 Å². The fourth-order valence-corrected chi connectivity index (χ4v) is 2.11. The van der Waals surface area contributed by atoms with E-state index in [-0.39, 0.29) is 23.7 Å². The molecule has 0 aromatic heterocycles. The molecule has 0 aromatic carbocycles. The first-order valence-corrected chi connectivity index (χ1v) is 5.86. The summed E-state index contributed by atoms with van der Waals surface area (Å²) in [6.45, 7) is 8.64. The van der Waals surface area contributed by atoms with E-state index in [1.807, 2.05) is 6.92 Å². The van der Waals surface area contributed by atoms with E-state index in [0.29, 0.717) is 0 Å². The van der Waals surface area contributed by atoms with Crippen LogP contribution in [-0.4, -0.2) is 62.2 Å². The molecule has 1 fully saturated rings. The molecule has 0 aromatic rings. The fraction of sp³-hybridized carbons (Fsp3) is 1.00. The van der Waals surface area contributed by atoms with Crippen molar-refractivity contribution in [2.24, 2.45) is 5.41 Å². The first-order valence-electron chi connectivity index (χ1n) is 5.86. The van der Waals surface area contributed by atoms with Gasteiger partial charge < -0.3 is 14.6 Å². The average molecular weight is 231 g/mol. The predicted octanol–water partition coefficient (Wildman–Crippen LogP) is 0.739. The van der Waals surface area contributed by atoms with Crippen LogP contribution in [0.5, 0.6) is 0 Å². The van der Waals surface area contributed by atoms with Gasteiger partial charge in [-0.1, -0.05) is 13.8 Å². The Kier molecular flexibility index (Phi) is 4.73. The molecule has 0 aliphatic carbocycles. The van der Waals surface area contributed by atoms with Gasteiger partial charge in [0.15, 0.2) is 0 Å². The maximum Gasteiger partial charge on any atom is 0.0971 e. The van der Waals surface area contributed by atoms with E-state index >= 15 is 0 Å². The van der Waals surface area contributed by atoms with Crippen molar-refractivity contribution in [3.05, 3.63) is 0 Å². The number of likely N-dealkylation sites (tertiary alicyclic amines) is 1. The number of rotatable bonds is 5. The van der Waals surface area contributed by atoms with Crippen molar-refractivity contribution >= 4 is 0 Å². The van der Waals surface area contributed by atoms with Crippen molar-refractivity contribution in [2.75, 3.05) is 33.9 Å². The minimum absolute atomic E-state index is 0.0963. The number of aliphatic hydroxyl groups is 1. The number of aliphatic hydroxyl groups excluding tert-OH is 1. The highest BCUT2D eigenvalue weighted by Crippen LogP contribution is 2.25. The lowest BCUT2D eigenvalue weighted by molar-refractivity contribution is -0.00461. The quantitative estimate of drug-likeness (QED) is 0.758. The first-order chi connectivity index (χ1) is 7.40. The molecule has 4 nitrogen and oxygen atoms in total. The summed E-state index contributed by atoms with van der Waals surface area (Å²) in [5.41, 5.74) is -0.0963. The van der Waals surface area contributed by atoms with Crippen LogP contribution in [-0.2, 0) is 9.47 Å². The van der Waals surface area contributed by atoms with Crippen molar-refractivity contribution in [2.45, 2.75) is 39.1 Å². The minimum atomic E-state index is -0.310. The topological polar surface area (TPSA) is 41.9 Å². The van der Waals surface area contributed by atoms with E-state index < -0.39 is 0 Å². The van der Waals surface area contributed by atoms with Crippen LogP contribution in [0.3, 0.4) is 0 Å². The van der Waals surface area contributed by atoms with Gasteiger partial charge in [0.2, 0.25) is 0 Å². The lowest BCUT2D eigenvalue weighted by atomic mass is 9.87. The van der Waals surface area contributed by atoms with E-state index in [0.717, 1.165) is 19.6 Å². The zero-order valence-electron chi connectivity index (χ0n) is 11.1. The summed E-state index contributed by atoms with van der Waals surface area (Å²) in [7, 11) is 3.44. The second-order valence-corrected chi connectivity index (χ2v) is 5.41. The standard InChI is InChI=1S/C12H25NO3/c1-9(14)12(2,3)8-13-6-10(15-4)11(7-13)16-5/h9-11,14H,6-8H2,1-5H3. The van der Waals surface area contributed by atoms with Crippen LogP contribution in [0.1, 0.15) is 20.8 Å². The zero-order valence-corrected chi connectivity index (χ0v) is 11.1. The highest BCUT2D eigenvalue weighted by molar-refractivity contribution is 4.89. The molecule has 0 spiro atoms. The molecule has 1 rings (SSSR count). The SMILES string of the molecule is COC1CN(CC(C)(C)C(C)O)CC1OC. The Balaban J connectivity index is 2.52. The van der Waals surface area contributed by atoms with Crippen LogP contribution in [0, 0.1) is 5.41 Å². The third kappa shape index (κ3) is 3.17. The zero-order chi connectivity index (χ0) is 12.3. The van der Waals surface area contributed by atoms with Gasteiger partial charge in [-0.3, -0.25) is 4.90 Å². The molecular weight excluding hydrogens is 206 g/mol. The lowest BCUT2D eigenvalue weighted by Gasteiger charge is -2.32. The van der Waals surface area contributed by atoms with Crippen molar-refractivity contribution in [3.8, 4) is 0 Å². The third-order valence-electron chi connectivity index (χ3n) is 3.66. The van der Waals surface area contributed by atoms with Gasteiger partial charge >= 0.3 is 0 Å². The first kappa shape index (κ1) is 13.9. The summed E-state index contributed by atoms with van der Waals surface area (Å²) in [6.07, 6.45) is -0.0142. The van der Waals surface area contributed by atoms with Crippen LogP contribution in [0.15, 0.2) is 0 Å². The van der Waals surface area contributed by atoms with Crippen LogP contribution < -0.4 is 0 Å². The summed E-state index contributed by atoms with van der Waals surface area (Å²) in [5.74, 6) is 0. The van der Waals surface area contributed by atoms with Crippen LogP contribution in [0.2, 0.25) is 0 Å². The van der Waals surface area contributed by atoms with Gasteiger partial charge in [0.25, 0.3) is 0 Å². The van der Waals surface area contributed by atoms with Crippen molar-refractivity contribution in [1.82, 2.24) is 4.90 Å². The Morgan fingerprint density at radius 2 is 1.69 bits per heavy atom. The number of hydrogen-bond donors (Lipinski definition) is 1. The van der Waals surface area contributed by atoms with E-state index in [1.165, 1.54) is 0 Å². The van der Waals surface area contributed by atoms with Gasteiger partial charge in [0.05, 0.1) is 18.3 Å². The molecule has 3 unspecified atom stereocenters. The molecule has 96 valence electrons. The molecular formula is C12H25NO3. The van der Waals surface area contributed by atoms with E-state index in [4.69, 9.17) is 9.47 Å². The van der Waals surface area contributed by atoms with Crippen LogP contribution in [0.25, 0.3) is 0 Å². The summed E-state index contributed by atoms with van der Waals surface area (Å²) >= 11 is 0. The molecule has 0 bridgehead atoms. The Morgan fingerprint density at radius 1 is 1.25 bits per heavy atom. The van der Waals surface area contributed by atoms with Gasteiger partial charge in [-0.25, -0.2) is 0 Å². The minimum Gasteiger partial charge on any atom is -0.393 e. The smallest absolute Gasteiger partial charge is 0.0971 e. The maximum atomic E-state index is 9.70. The molecule has 4 heteroatoms. The van der Waals surface area contributed by atoms with E-state index in [1.54, 1.807) is 14.2 Å². The number of hydrogen-bond acceptors (Lipinski definition) is 4. The van der Waals surface area contributed by atoms with Crippen molar-refractivity contribution in [3.63, 3.8) is 0 Å². The molecule has 0 saturated carbocycles. The van der Waals surface area contributed by atoms with E-state index in [9.17, 15) is 5.11 Å². The normalized spacial score (nSPS) is 29.6. The number of methoxy groups -OCH3 is 2. The van der Waals surface area contributed by atoms with Crippen molar-refractivity contribution < 1.29 is 14.6 Å². The highest BCUT2D eigenvalue weighted by Gasteiger charge is 2.36. The molecule has 0 radical (unpaired) electrons. The second-order valence-electron chi connectivity index (χ2n) is 5.41. The molecule has 1 N–H and O–H groups in total. The summed E-state index contributed by atoms with van der Waals surface area (Å²) in [5, 5.41) is 9.70. The molecule has 16 heavy (non-hydrogen) atoms. The Morgan fingerprint density at radius 3 is 2.00 bits per heavy atom. The summed E-state index contributed by atoms with van der Waals surface area (Å²) < 4.78 is 10.8. The van der Waals surface area contributed by atoms with Crippen LogP contribution >= 0.6 is 0 Å². The van der Waals surface area contributed by atoms with Gasteiger partial charge in [-0.15, -0.1) is 0 Å². The molecule has 1 aliphatic heterocycles. The average Bonchev–Trinajstić information content (AvgIpc) is 2.59. The molecule has 0 amide bonds. The van der Waals surface area contributed by atoms with E-state index in [2.05, 4.69) is 18.7 Å². The molecule has 3 atom stereocenters. The molecule has 1 heterocycles. The molecule has 1 saturated heterocycles. The second kappa shape index (κ2) is 5.45. The lowest BCUT2D eigenvalue weighted by Crippen LogP contribution is -2.40. The van der Waals surface area contributed by atoms with Gasteiger partial charge in [0.1, 0.15) is 0 Å². The summed E-state index contributed by atoms with van der Waals surface area (Å²) in [6, 6.07) is 0. The van der Waals surface area contributed by atoms with Crippen LogP contribution in [0.4, 0.5) is 0 Å². The maximum absolute atomic E-state index is 9.70. The van der Waals surface area contributed by atoms with Gasteiger partial charge in [-0.2, -0.15) is 0 Å². The number of nitrogens with zero attached hydrogens (tertiary/aromatic N) is 1. The highest BCUT2D eigenvalue weighted by atomic mass is 16.5. The Labute approximate surface area is 98.5 Å². The monoisotopic (exact) mass is 231 g/mol. The third-order valence-corrected chi connectivity index (χ3v) is 3.66. The van der Waals surface area contributed by atoms with Gasteiger partial charge in [0, 0.05) is 39.3 Å². The summed E-state index contributed by atoms with van der Waals surface area (Å²) in [4.78, 5) is 2.30.